The molecule has 1 fully saturated rings. The summed E-state index contributed by atoms with van der Waals surface area (Å²) >= 11 is 0. The molecule has 0 aliphatic carbocycles. The maximum absolute atomic E-state index is 6.09. The van der Waals surface area contributed by atoms with Crippen molar-refractivity contribution in [3.8, 4) is 0 Å². The van der Waals surface area contributed by atoms with Gasteiger partial charge in [0.25, 0.3) is 0 Å². The van der Waals surface area contributed by atoms with Crippen molar-refractivity contribution in [1.82, 2.24) is 0 Å². The minimum absolute atomic E-state index is 0.197. The van der Waals surface area contributed by atoms with E-state index in [4.69, 9.17) is 4.74 Å². The summed E-state index contributed by atoms with van der Waals surface area (Å²) < 4.78 is 6.09. The van der Waals surface area contributed by atoms with Crippen LogP contribution in [-0.2, 0) is 4.74 Å². The van der Waals surface area contributed by atoms with Gasteiger partial charge in [0.1, 0.15) is 8.07 Å². The summed E-state index contributed by atoms with van der Waals surface area (Å²) in [6, 6.07) is 23.4. The summed E-state index contributed by atoms with van der Waals surface area (Å²) in [7, 11) is -2.01. The van der Waals surface area contributed by atoms with Gasteiger partial charge in [-0.1, -0.05) is 98.4 Å². The smallest absolute Gasteiger partial charge is 0.125 e. The number of ether oxygens (including phenoxy) is 1. The predicted octanol–water partition coefficient (Wildman–Crippen LogP) is 4.39. The lowest BCUT2D eigenvalue weighted by molar-refractivity contribution is 0.127. The van der Waals surface area contributed by atoms with Gasteiger partial charge in [0.15, 0.2) is 0 Å². The molecule has 2 aromatic carbocycles. The third-order valence-corrected chi connectivity index (χ3v) is 11.7. The predicted molar refractivity (Wildman–Crippen MR) is 106 cm³/mol. The molecule has 1 aliphatic rings. The van der Waals surface area contributed by atoms with E-state index >= 15 is 0 Å². The largest absolute Gasteiger partial charge is 0.374 e. The second-order valence-corrected chi connectivity index (χ2v) is 12.9. The Labute approximate surface area is 147 Å². The average molecular weight is 337 g/mol. The van der Waals surface area contributed by atoms with Crippen molar-refractivity contribution in [2.75, 3.05) is 6.61 Å². The molecule has 2 aromatic rings. The lowest BCUT2D eigenvalue weighted by atomic mass is 10.2. The van der Waals surface area contributed by atoms with Crippen LogP contribution in [0.15, 0.2) is 72.8 Å². The molecule has 1 saturated heterocycles. The maximum Gasteiger partial charge on any atom is 0.125 e. The summed E-state index contributed by atoms with van der Waals surface area (Å²) in [5.41, 5.74) is 1.23. The van der Waals surface area contributed by atoms with Crippen molar-refractivity contribution in [2.24, 2.45) is 0 Å². The number of hydrogen-bond donors (Lipinski definition) is 0. The highest BCUT2D eigenvalue weighted by atomic mass is 28.3. The molecule has 0 saturated carbocycles. The van der Waals surface area contributed by atoms with Gasteiger partial charge in [-0.2, -0.15) is 0 Å². The molecule has 1 nitrogen and oxygen atoms in total. The van der Waals surface area contributed by atoms with Crippen molar-refractivity contribution < 1.29 is 4.74 Å². The van der Waals surface area contributed by atoms with Gasteiger partial charge in [-0.25, -0.2) is 0 Å². The minimum Gasteiger partial charge on any atom is -0.374 e. The van der Waals surface area contributed by atoms with E-state index in [1.54, 1.807) is 0 Å². The molecular weight excluding hydrogens is 308 g/mol. The summed E-state index contributed by atoms with van der Waals surface area (Å²) in [6.45, 7) is 12.1. The van der Waals surface area contributed by atoms with E-state index < -0.39 is 8.07 Å². The fourth-order valence-corrected chi connectivity index (χ4v) is 9.79. The van der Waals surface area contributed by atoms with Gasteiger partial charge in [0.2, 0.25) is 0 Å². The molecule has 3 rings (SSSR count). The summed E-state index contributed by atoms with van der Waals surface area (Å²) in [5.74, 6) is 0. The Morgan fingerprint density at radius 3 is 1.83 bits per heavy atom. The van der Waals surface area contributed by atoms with E-state index in [0.717, 1.165) is 19.1 Å². The average Bonchev–Trinajstić information content (AvgIpc) is 2.98. The SMILES string of the molecule is C=C1COC(C[Si](c2ccccc2)(c2ccccc2)C(C)(C)C)C1. The summed E-state index contributed by atoms with van der Waals surface area (Å²) in [5, 5.41) is 3.21. The van der Waals surface area contributed by atoms with Crippen molar-refractivity contribution in [3.05, 3.63) is 72.8 Å². The van der Waals surface area contributed by atoms with Crippen LogP contribution in [0.1, 0.15) is 27.2 Å². The van der Waals surface area contributed by atoms with Crippen LogP contribution in [-0.4, -0.2) is 20.8 Å². The van der Waals surface area contributed by atoms with Crippen molar-refractivity contribution in [1.29, 1.82) is 0 Å². The minimum atomic E-state index is -2.01. The van der Waals surface area contributed by atoms with Crippen LogP contribution in [0.3, 0.4) is 0 Å². The van der Waals surface area contributed by atoms with E-state index in [9.17, 15) is 0 Å². The molecule has 1 unspecified atom stereocenters. The van der Waals surface area contributed by atoms with Crippen LogP contribution in [0.5, 0.6) is 0 Å². The zero-order chi connectivity index (χ0) is 17.2. The van der Waals surface area contributed by atoms with E-state index in [1.807, 2.05) is 0 Å². The summed E-state index contributed by atoms with van der Waals surface area (Å²) in [6.07, 6.45) is 1.30. The van der Waals surface area contributed by atoms with Gasteiger partial charge in [0.05, 0.1) is 12.7 Å². The van der Waals surface area contributed by atoms with Crippen molar-refractivity contribution in [2.45, 2.75) is 44.4 Å². The first-order valence-corrected chi connectivity index (χ1v) is 11.0. The molecule has 2 heteroatoms. The molecule has 1 atom stereocenters. The highest BCUT2D eigenvalue weighted by molar-refractivity contribution is 7.04. The van der Waals surface area contributed by atoms with Gasteiger partial charge in [0, 0.05) is 0 Å². The molecule has 0 bridgehead atoms. The topological polar surface area (TPSA) is 9.23 Å². The van der Waals surface area contributed by atoms with E-state index in [-0.39, 0.29) is 5.04 Å². The Morgan fingerprint density at radius 1 is 0.958 bits per heavy atom. The lowest BCUT2D eigenvalue weighted by Gasteiger charge is -2.45. The zero-order valence-electron chi connectivity index (χ0n) is 15.1. The third kappa shape index (κ3) is 3.13. The van der Waals surface area contributed by atoms with Gasteiger partial charge in [-0.05, 0) is 23.1 Å². The highest BCUT2D eigenvalue weighted by Gasteiger charge is 2.49. The van der Waals surface area contributed by atoms with Crippen LogP contribution in [0.25, 0.3) is 0 Å². The Balaban J connectivity index is 2.15. The lowest BCUT2D eigenvalue weighted by Crippen LogP contribution is -2.65. The second kappa shape index (κ2) is 6.70. The molecule has 0 radical (unpaired) electrons. The Hall–Kier alpha value is -1.64. The molecule has 1 heterocycles. The first-order valence-electron chi connectivity index (χ1n) is 8.83. The van der Waals surface area contributed by atoms with Crippen LogP contribution in [0, 0.1) is 0 Å². The molecule has 0 N–H and O–H groups in total. The zero-order valence-corrected chi connectivity index (χ0v) is 16.1. The monoisotopic (exact) mass is 336 g/mol. The van der Waals surface area contributed by atoms with Crippen molar-refractivity contribution in [3.63, 3.8) is 0 Å². The molecule has 0 amide bonds. The highest BCUT2D eigenvalue weighted by Crippen LogP contribution is 2.41. The second-order valence-electron chi connectivity index (χ2n) is 7.98. The third-order valence-electron chi connectivity index (χ3n) is 5.39. The quantitative estimate of drug-likeness (QED) is 0.594. The molecule has 1 aliphatic heterocycles. The molecule has 0 spiro atoms. The maximum atomic E-state index is 6.09. The number of benzene rings is 2. The van der Waals surface area contributed by atoms with Gasteiger partial charge in [-0.3, -0.25) is 0 Å². The number of rotatable bonds is 4. The Kier molecular flexibility index (Phi) is 4.80. The molecular formula is C22H28OSi. The molecule has 24 heavy (non-hydrogen) atoms. The van der Waals surface area contributed by atoms with Gasteiger partial charge >= 0.3 is 0 Å². The van der Waals surface area contributed by atoms with Crippen LogP contribution < -0.4 is 10.4 Å². The first-order chi connectivity index (χ1) is 11.4. The summed E-state index contributed by atoms with van der Waals surface area (Å²) in [4.78, 5) is 0. The first kappa shape index (κ1) is 17.2. The number of hydrogen-bond acceptors (Lipinski definition) is 1. The van der Waals surface area contributed by atoms with Crippen molar-refractivity contribution >= 4 is 18.4 Å². The Morgan fingerprint density at radius 2 is 1.46 bits per heavy atom. The van der Waals surface area contributed by atoms with Gasteiger partial charge < -0.3 is 4.74 Å². The fraction of sp³-hybridized carbons (Fsp3) is 0.364. The van der Waals surface area contributed by atoms with Gasteiger partial charge in [-0.15, -0.1) is 0 Å². The normalized spacial score (nSPS) is 18.8. The van der Waals surface area contributed by atoms with Crippen LogP contribution in [0.4, 0.5) is 0 Å². The standard InChI is InChI=1S/C22H28OSi/c1-18-15-19(23-16-18)17-24(22(2,3)4,20-11-7-5-8-12-20)21-13-9-6-10-14-21/h5-14,19H,1,15-17H2,2-4H3. The van der Waals surface area contributed by atoms with Crippen LogP contribution >= 0.6 is 0 Å². The van der Waals surface area contributed by atoms with Crippen LogP contribution in [0.2, 0.25) is 11.1 Å². The van der Waals surface area contributed by atoms with E-state index in [0.29, 0.717) is 6.10 Å². The molecule has 126 valence electrons. The fourth-order valence-electron chi connectivity index (χ4n) is 4.17. The van der Waals surface area contributed by atoms with E-state index in [2.05, 4.69) is 88.0 Å². The Bertz CT molecular complexity index is 645. The molecule has 0 aromatic heterocycles. The van der Waals surface area contributed by atoms with E-state index in [1.165, 1.54) is 15.9 Å².